The Balaban J connectivity index is 1.59. The normalized spacial score (nSPS) is 10.3. The van der Waals surface area contributed by atoms with Crippen LogP contribution in [0.1, 0.15) is 15.9 Å². The van der Waals surface area contributed by atoms with Crippen LogP contribution in [0, 0.1) is 11.6 Å². The molecule has 27 heavy (non-hydrogen) atoms. The summed E-state index contributed by atoms with van der Waals surface area (Å²) in [7, 11) is 1.58. The summed E-state index contributed by atoms with van der Waals surface area (Å²) >= 11 is 0. The van der Waals surface area contributed by atoms with Crippen molar-refractivity contribution < 1.29 is 18.3 Å². The lowest BCUT2D eigenvalue weighted by Gasteiger charge is -2.08. The largest absolute Gasteiger partial charge is 0.497 e. The van der Waals surface area contributed by atoms with Crippen LogP contribution in [0.5, 0.6) is 5.75 Å². The number of hydrogen-bond acceptors (Lipinski definition) is 5. The number of nitrogens with one attached hydrogen (secondary N) is 2. The van der Waals surface area contributed by atoms with Gasteiger partial charge in [0.1, 0.15) is 17.4 Å². The number of benzene rings is 2. The number of anilines is 2. The number of amides is 1. The molecule has 0 unspecified atom stereocenters. The second-order valence-corrected chi connectivity index (χ2v) is 5.58. The number of rotatable bonds is 6. The molecule has 2 N–H and O–H groups in total. The quantitative estimate of drug-likeness (QED) is 0.695. The fourth-order valence-electron chi connectivity index (χ4n) is 2.25. The van der Waals surface area contributed by atoms with E-state index in [-0.39, 0.29) is 23.1 Å². The first-order chi connectivity index (χ1) is 13.0. The van der Waals surface area contributed by atoms with E-state index in [2.05, 4.69) is 20.6 Å². The van der Waals surface area contributed by atoms with E-state index in [1.54, 1.807) is 19.2 Å². The smallest absolute Gasteiger partial charge is 0.254 e. The Hall–Kier alpha value is -3.55. The second-order valence-electron chi connectivity index (χ2n) is 5.58. The average molecular weight is 370 g/mol. The Morgan fingerprint density at radius 1 is 1.07 bits per heavy atom. The van der Waals surface area contributed by atoms with Gasteiger partial charge < -0.3 is 15.4 Å². The molecule has 0 aliphatic rings. The molecule has 2 aromatic carbocycles. The van der Waals surface area contributed by atoms with Crippen molar-refractivity contribution in [2.24, 2.45) is 0 Å². The van der Waals surface area contributed by atoms with E-state index in [1.165, 1.54) is 18.5 Å². The molecule has 6 nitrogen and oxygen atoms in total. The van der Waals surface area contributed by atoms with Gasteiger partial charge in [0.2, 0.25) is 5.95 Å². The maximum atomic E-state index is 13.6. The van der Waals surface area contributed by atoms with E-state index in [9.17, 15) is 13.6 Å². The van der Waals surface area contributed by atoms with Gasteiger partial charge in [0.25, 0.3) is 5.91 Å². The van der Waals surface area contributed by atoms with Crippen LogP contribution in [0.15, 0.2) is 54.9 Å². The summed E-state index contributed by atoms with van der Waals surface area (Å²) in [5.74, 6) is -0.959. The summed E-state index contributed by atoms with van der Waals surface area (Å²) in [6, 6.07) is 10.4. The Labute approximate surface area is 154 Å². The predicted molar refractivity (Wildman–Crippen MR) is 95.8 cm³/mol. The summed E-state index contributed by atoms with van der Waals surface area (Å²) in [6.45, 7) is 0.337. The van der Waals surface area contributed by atoms with E-state index < -0.39 is 11.6 Å². The molecule has 3 aromatic rings. The van der Waals surface area contributed by atoms with Gasteiger partial charge in [-0.15, -0.1) is 0 Å². The monoisotopic (exact) mass is 370 g/mol. The van der Waals surface area contributed by atoms with Crippen LogP contribution in [0.3, 0.4) is 0 Å². The maximum Gasteiger partial charge on any atom is 0.254 e. The summed E-state index contributed by atoms with van der Waals surface area (Å²) in [5.41, 5.74) is 1.21. The Bertz CT molecular complexity index is 931. The minimum atomic E-state index is -0.764. The zero-order chi connectivity index (χ0) is 19.2. The van der Waals surface area contributed by atoms with Crippen molar-refractivity contribution in [1.29, 1.82) is 0 Å². The van der Waals surface area contributed by atoms with E-state index in [0.29, 0.717) is 6.54 Å². The summed E-state index contributed by atoms with van der Waals surface area (Å²) in [5, 5.41) is 5.38. The topological polar surface area (TPSA) is 76.1 Å². The molecule has 0 saturated heterocycles. The Morgan fingerprint density at radius 3 is 2.41 bits per heavy atom. The van der Waals surface area contributed by atoms with Gasteiger partial charge in [0, 0.05) is 25.0 Å². The van der Waals surface area contributed by atoms with Crippen LogP contribution < -0.4 is 15.4 Å². The van der Waals surface area contributed by atoms with Gasteiger partial charge in [-0.25, -0.2) is 18.7 Å². The minimum Gasteiger partial charge on any atom is -0.497 e. The number of hydrogen-bond donors (Lipinski definition) is 2. The van der Waals surface area contributed by atoms with Crippen molar-refractivity contribution in [2.75, 3.05) is 12.4 Å². The fraction of sp³-hybridized carbons (Fsp3) is 0.105. The zero-order valence-electron chi connectivity index (χ0n) is 14.4. The molecular formula is C19H16F2N4O2. The molecule has 1 heterocycles. The molecule has 0 spiro atoms. The third-order valence-corrected chi connectivity index (χ3v) is 3.70. The summed E-state index contributed by atoms with van der Waals surface area (Å²) in [4.78, 5) is 20.1. The number of carbonyl (C=O) groups is 1. The van der Waals surface area contributed by atoms with Gasteiger partial charge in [-0.2, -0.15) is 0 Å². The number of halogens is 2. The van der Waals surface area contributed by atoms with Crippen LogP contribution in [0.4, 0.5) is 20.4 Å². The molecule has 0 saturated carbocycles. The molecule has 8 heteroatoms. The fourth-order valence-corrected chi connectivity index (χ4v) is 2.25. The van der Waals surface area contributed by atoms with Crippen molar-refractivity contribution in [3.8, 4) is 5.75 Å². The molecule has 1 amide bonds. The molecular weight excluding hydrogens is 354 g/mol. The third-order valence-electron chi connectivity index (χ3n) is 3.70. The van der Waals surface area contributed by atoms with Crippen LogP contribution in [-0.2, 0) is 6.54 Å². The van der Waals surface area contributed by atoms with Crippen LogP contribution in [-0.4, -0.2) is 23.0 Å². The molecule has 0 atom stereocenters. The molecule has 0 aliphatic heterocycles. The molecule has 138 valence electrons. The van der Waals surface area contributed by atoms with Gasteiger partial charge in [-0.3, -0.25) is 4.79 Å². The SMILES string of the molecule is COc1ccc(CNC(=O)c2cnc(Nc3ccc(F)cc3F)nc2)cc1. The highest BCUT2D eigenvalue weighted by Gasteiger charge is 2.09. The maximum absolute atomic E-state index is 13.6. The first-order valence-electron chi connectivity index (χ1n) is 8.00. The minimum absolute atomic E-state index is 0.0353. The van der Waals surface area contributed by atoms with Gasteiger partial charge in [-0.1, -0.05) is 12.1 Å². The molecule has 0 aliphatic carbocycles. The van der Waals surface area contributed by atoms with Gasteiger partial charge in [0.05, 0.1) is 18.4 Å². The molecule has 3 rings (SSSR count). The summed E-state index contributed by atoms with van der Waals surface area (Å²) in [6.07, 6.45) is 2.64. The number of ether oxygens (including phenoxy) is 1. The van der Waals surface area contributed by atoms with Crippen molar-refractivity contribution in [1.82, 2.24) is 15.3 Å². The highest BCUT2D eigenvalue weighted by Crippen LogP contribution is 2.18. The molecule has 0 radical (unpaired) electrons. The first-order valence-corrected chi connectivity index (χ1v) is 8.00. The molecule has 0 fully saturated rings. The van der Waals surface area contributed by atoms with Crippen LogP contribution >= 0.6 is 0 Å². The third kappa shape index (κ3) is 4.75. The lowest BCUT2D eigenvalue weighted by Crippen LogP contribution is -2.23. The van der Waals surface area contributed by atoms with Crippen LogP contribution in [0.2, 0.25) is 0 Å². The van der Waals surface area contributed by atoms with Gasteiger partial charge >= 0.3 is 0 Å². The standard InChI is InChI=1S/C19H16F2N4O2/c1-27-15-5-2-12(3-6-15)9-22-18(26)13-10-23-19(24-11-13)25-17-7-4-14(20)8-16(17)21/h2-8,10-11H,9H2,1H3,(H,22,26)(H,23,24,25). The number of nitrogens with zero attached hydrogens (tertiary/aromatic N) is 2. The van der Waals surface area contributed by atoms with Crippen molar-refractivity contribution in [3.05, 3.63) is 77.6 Å². The predicted octanol–water partition coefficient (Wildman–Crippen LogP) is 3.44. The Kier molecular flexibility index (Phi) is 5.55. The number of carbonyl (C=O) groups excluding carboxylic acids is 1. The lowest BCUT2D eigenvalue weighted by molar-refractivity contribution is 0.0950. The van der Waals surface area contributed by atoms with Crippen molar-refractivity contribution in [3.63, 3.8) is 0 Å². The van der Waals surface area contributed by atoms with Crippen molar-refractivity contribution in [2.45, 2.75) is 6.54 Å². The lowest BCUT2D eigenvalue weighted by atomic mass is 10.2. The number of methoxy groups -OCH3 is 1. The summed E-state index contributed by atoms with van der Waals surface area (Å²) < 4.78 is 31.6. The van der Waals surface area contributed by atoms with E-state index in [4.69, 9.17) is 4.74 Å². The van der Waals surface area contributed by atoms with Crippen LogP contribution in [0.25, 0.3) is 0 Å². The van der Waals surface area contributed by atoms with Gasteiger partial charge in [0.15, 0.2) is 0 Å². The van der Waals surface area contributed by atoms with Gasteiger partial charge in [-0.05, 0) is 29.8 Å². The molecule has 0 bridgehead atoms. The molecule has 1 aromatic heterocycles. The second kappa shape index (κ2) is 8.22. The van der Waals surface area contributed by atoms with E-state index in [0.717, 1.165) is 23.4 Å². The number of aromatic nitrogens is 2. The highest BCUT2D eigenvalue weighted by atomic mass is 19.1. The van der Waals surface area contributed by atoms with E-state index >= 15 is 0 Å². The highest BCUT2D eigenvalue weighted by molar-refractivity contribution is 5.93. The Morgan fingerprint density at radius 2 is 1.78 bits per heavy atom. The van der Waals surface area contributed by atoms with Crippen molar-refractivity contribution >= 4 is 17.5 Å². The van der Waals surface area contributed by atoms with E-state index in [1.807, 2.05) is 12.1 Å². The average Bonchev–Trinajstić information content (AvgIpc) is 2.69. The first kappa shape index (κ1) is 18.2. The zero-order valence-corrected chi connectivity index (χ0v) is 14.4.